The zero-order valence-electron chi connectivity index (χ0n) is 21.1. The molecule has 0 unspecified atom stereocenters. The lowest BCUT2D eigenvalue weighted by Gasteiger charge is -2.26. The van der Waals surface area contributed by atoms with Crippen molar-refractivity contribution in [3.8, 4) is 22.3 Å². The molecular formula is C36H24ClNS. The molecule has 6 aromatic carbocycles. The van der Waals surface area contributed by atoms with Gasteiger partial charge >= 0.3 is 0 Å². The Labute approximate surface area is 237 Å². The maximum atomic E-state index is 6.46. The Kier molecular flexibility index (Phi) is 6.13. The molecule has 39 heavy (non-hydrogen) atoms. The molecule has 1 heterocycles. The molecule has 186 valence electrons. The highest BCUT2D eigenvalue weighted by atomic mass is 35.5. The lowest BCUT2D eigenvalue weighted by atomic mass is 9.94. The molecule has 0 bridgehead atoms. The van der Waals surface area contributed by atoms with Crippen LogP contribution in [0.3, 0.4) is 0 Å². The van der Waals surface area contributed by atoms with E-state index in [2.05, 4.69) is 138 Å². The second kappa shape index (κ2) is 10.1. The summed E-state index contributed by atoms with van der Waals surface area (Å²) in [6.07, 6.45) is 0. The van der Waals surface area contributed by atoms with E-state index in [1.54, 1.807) is 0 Å². The lowest BCUT2D eigenvalue weighted by molar-refractivity contribution is 1.28. The van der Waals surface area contributed by atoms with Gasteiger partial charge in [0.1, 0.15) is 0 Å². The number of nitrogens with zero attached hydrogens (tertiary/aromatic N) is 1. The monoisotopic (exact) mass is 537 g/mol. The average Bonchev–Trinajstić information content (AvgIpc) is 3.37. The third-order valence-electron chi connectivity index (χ3n) is 7.08. The molecule has 0 fully saturated rings. The quantitative estimate of drug-likeness (QED) is 0.211. The summed E-state index contributed by atoms with van der Waals surface area (Å²) in [7, 11) is 0. The third-order valence-corrected chi connectivity index (χ3v) is 8.43. The minimum Gasteiger partial charge on any atom is -0.310 e. The van der Waals surface area contributed by atoms with Crippen LogP contribution in [-0.2, 0) is 0 Å². The Bertz CT molecular complexity index is 1890. The summed E-state index contributed by atoms with van der Waals surface area (Å²) < 4.78 is 2.57. The highest BCUT2D eigenvalue weighted by molar-refractivity contribution is 7.26. The van der Waals surface area contributed by atoms with Crippen molar-refractivity contribution in [2.45, 2.75) is 0 Å². The summed E-state index contributed by atoms with van der Waals surface area (Å²) >= 11 is 8.31. The first kappa shape index (κ1) is 23.7. The highest BCUT2D eigenvalue weighted by Gasteiger charge is 2.16. The molecule has 1 nitrogen and oxygen atoms in total. The van der Waals surface area contributed by atoms with Crippen molar-refractivity contribution in [3.05, 3.63) is 151 Å². The van der Waals surface area contributed by atoms with Gasteiger partial charge in [-0.3, -0.25) is 0 Å². The fraction of sp³-hybridized carbons (Fsp3) is 0. The number of benzene rings is 6. The molecule has 0 N–H and O–H groups in total. The van der Waals surface area contributed by atoms with Crippen molar-refractivity contribution in [2.75, 3.05) is 4.90 Å². The summed E-state index contributed by atoms with van der Waals surface area (Å²) in [6.45, 7) is 0. The van der Waals surface area contributed by atoms with Crippen LogP contribution in [0, 0.1) is 0 Å². The van der Waals surface area contributed by atoms with Gasteiger partial charge in [-0.15, -0.1) is 11.3 Å². The predicted molar refractivity (Wildman–Crippen MR) is 170 cm³/mol. The van der Waals surface area contributed by atoms with Crippen LogP contribution in [0.1, 0.15) is 0 Å². The smallest absolute Gasteiger partial charge is 0.0467 e. The molecule has 7 rings (SSSR count). The van der Waals surface area contributed by atoms with Gasteiger partial charge in [0.25, 0.3) is 0 Å². The molecule has 0 amide bonds. The van der Waals surface area contributed by atoms with Crippen LogP contribution >= 0.6 is 22.9 Å². The molecule has 0 saturated carbocycles. The first-order valence-electron chi connectivity index (χ1n) is 13.0. The molecule has 0 aliphatic heterocycles. The number of anilines is 3. The van der Waals surface area contributed by atoms with Crippen LogP contribution < -0.4 is 4.90 Å². The number of halogens is 1. The van der Waals surface area contributed by atoms with Gasteiger partial charge in [0.2, 0.25) is 0 Å². The van der Waals surface area contributed by atoms with E-state index in [9.17, 15) is 0 Å². The number of thiophene rings is 1. The lowest BCUT2D eigenvalue weighted by Crippen LogP contribution is -2.09. The Balaban J connectivity index is 1.44. The van der Waals surface area contributed by atoms with Gasteiger partial charge in [-0.1, -0.05) is 90.5 Å². The van der Waals surface area contributed by atoms with Crippen LogP contribution in [-0.4, -0.2) is 0 Å². The van der Waals surface area contributed by atoms with Crippen molar-refractivity contribution in [1.82, 2.24) is 0 Å². The van der Waals surface area contributed by atoms with E-state index < -0.39 is 0 Å². The molecule has 0 saturated heterocycles. The molecule has 0 spiro atoms. The normalized spacial score (nSPS) is 11.2. The number of hydrogen-bond donors (Lipinski definition) is 0. The van der Waals surface area contributed by atoms with E-state index in [1.165, 1.54) is 36.9 Å². The molecule has 0 radical (unpaired) electrons. The summed E-state index contributed by atoms with van der Waals surface area (Å²) in [6, 6.07) is 51.4. The molecule has 7 aromatic rings. The van der Waals surface area contributed by atoms with Crippen LogP contribution in [0.5, 0.6) is 0 Å². The van der Waals surface area contributed by atoms with E-state index in [0.29, 0.717) is 0 Å². The van der Waals surface area contributed by atoms with Gasteiger partial charge in [-0.25, -0.2) is 0 Å². The maximum absolute atomic E-state index is 6.46. The highest BCUT2D eigenvalue weighted by Crippen LogP contribution is 2.44. The van der Waals surface area contributed by atoms with Gasteiger partial charge in [-0.05, 0) is 89.0 Å². The fourth-order valence-corrected chi connectivity index (χ4v) is 6.69. The van der Waals surface area contributed by atoms with Crippen molar-refractivity contribution < 1.29 is 0 Å². The SMILES string of the molecule is Clc1cccc(-c2cc(-c3cccc(N(c4ccccc4)c4ccccc4)c3)cc3sc4ccccc4c23)c1. The molecule has 0 atom stereocenters. The number of fused-ring (bicyclic) bond motifs is 3. The largest absolute Gasteiger partial charge is 0.310 e. The third kappa shape index (κ3) is 4.48. The van der Waals surface area contributed by atoms with E-state index >= 15 is 0 Å². The predicted octanol–water partition coefficient (Wildman–Crippen LogP) is 11.5. The number of rotatable bonds is 5. The summed E-state index contributed by atoms with van der Waals surface area (Å²) in [4.78, 5) is 2.30. The van der Waals surface area contributed by atoms with Gasteiger partial charge in [0.15, 0.2) is 0 Å². The van der Waals surface area contributed by atoms with E-state index in [-0.39, 0.29) is 0 Å². The zero-order valence-corrected chi connectivity index (χ0v) is 22.7. The van der Waals surface area contributed by atoms with Crippen molar-refractivity contribution in [2.24, 2.45) is 0 Å². The van der Waals surface area contributed by atoms with Crippen molar-refractivity contribution in [1.29, 1.82) is 0 Å². The maximum Gasteiger partial charge on any atom is 0.0467 e. The van der Waals surface area contributed by atoms with Crippen molar-refractivity contribution >= 4 is 60.2 Å². The van der Waals surface area contributed by atoms with E-state index in [1.807, 2.05) is 23.5 Å². The van der Waals surface area contributed by atoms with Crippen LogP contribution in [0.4, 0.5) is 17.1 Å². The molecule has 1 aromatic heterocycles. The second-order valence-corrected chi connectivity index (χ2v) is 11.1. The summed E-state index contributed by atoms with van der Waals surface area (Å²) in [5.41, 5.74) is 8.06. The minimum atomic E-state index is 0.744. The zero-order chi connectivity index (χ0) is 26.2. The van der Waals surface area contributed by atoms with Crippen LogP contribution in [0.25, 0.3) is 42.4 Å². The Morgan fingerprint density at radius 1 is 0.462 bits per heavy atom. The molecule has 0 aliphatic carbocycles. The van der Waals surface area contributed by atoms with Gasteiger partial charge < -0.3 is 4.90 Å². The van der Waals surface area contributed by atoms with Gasteiger partial charge in [0.05, 0.1) is 0 Å². The van der Waals surface area contributed by atoms with E-state index in [4.69, 9.17) is 11.6 Å². The number of para-hydroxylation sites is 2. The second-order valence-electron chi connectivity index (χ2n) is 9.56. The van der Waals surface area contributed by atoms with Crippen molar-refractivity contribution in [3.63, 3.8) is 0 Å². The summed E-state index contributed by atoms with van der Waals surface area (Å²) in [5.74, 6) is 0. The minimum absolute atomic E-state index is 0.744. The van der Waals surface area contributed by atoms with Gasteiger partial charge in [0, 0.05) is 42.3 Å². The first-order valence-corrected chi connectivity index (χ1v) is 14.2. The van der Waals surface area contributed by atoms with Crippen LogP contribution in [0.15, 0.2) is 146 Å². The Morgan fingerprint density at radius 2 is 1.10 bits per heavy atom. The van der Waals surface area contributed by atoms with Crippen LogP contribution in [0.2, 0.25) is 5.02 Å². The van der Waals surface area contributed by atoms with Gasteiger partial charge in [-0.2, -0.15) is 0 Å². The Hall–Kier alpha value is -4.37. The molecular weight excluding hydrogens is 514 g/mol. The standard InChI is InChI=1S/C36H24ClNS/c37-28-13-9-12-26(21-28)33-23-27(24-35-36(33)32-19-7-8-20-34(32)39-35)25-11-10-18-31(22-25)38(29-14-3-1-4-15-29)30-16-5-2-6-17-30/h1-24H. The number of hydrogen-bond acceptors (Lipinski definition) is 2. The first-order chi connectivity index (χ1) is 19.2. The van der Waals surface area contributed by atoms with E-state index in [0.717, 1.165) is 27.6 Å². The summed E-state index contributed by atoms with van der Waals surface area (Å²) in [5, 5.41) is 3.31. The molecule has 0 aliphatic rings. The average molecular weight is 538 g/mol. The fourth-order valence-electron chi connectivity index (χ4n) is 5.33. The Morgan fingerprint density at radius 3 is 1.85 bits per heavy atom. The molecule has 3 heteroatoms. The topological polar surface area (TPSA) is 3.24 Å².